The fourth-order valence-electron chi connectivity index (χ4n) is 7.93. The zero-order chi connectivity index (χ0) is 56.3. The number of unbranched alkanes of at least 4 members (excludes halogenated alkanes) is 5. The second kappa shape index (κ2) is 33.5. The number of amides is 4. The lowest BCUT2D eigenvalue weighted by molar-refractivity contribution is -0.161. The number of carboxylic acid groups (broad SMARTS) is 1. The van der Waals surface area contributed by atoms with Crippen LogP contribution in [-0.2, 0) is 60.2 Å². The number of phosphoric acid groups is 1. The minimum Gasteiger partial charge on any atom is -0.487 e. The number of aryl methyl sites for hydroxylation is 1. The van der Waals surface area contributed by atoms with Crippen molar-refractivity contribution in [3.8, 4) is 5.75 Å². The van der Waals surface area contributed by atoms with Crippen molar-refractivity contribution < 1.29 is 76.2 Å². The summed E-state index contributed by atoms with van der Waals surface area (Å²) < 4.78 is 39.7. The van der Waals surface area contributed by atoms with Crippen LogP contribution in [0.25, 0.3) is 0 Å². The average Bonchev–Trinajstić information content (AvgIpc) is 4.21. The topological polar surface area (TPSA) is 345 Å². The third-order valence-electron chi connectivity index (χ3n) is 12.2. The summed E-state index contributed by atoms with van der Waals surface area (Å²) in [6, 6.07) is 11.6. The molecule has 2 aromatic carbocycles. The zero-order valence-corrected chi connectivity index (χ0v) is 46.2. The Morgan fingerprint density at radius 2 is 1.51 bits per heavy atom. The fourth-order valence-corrected chi connectivity index (χ4v) is 11.1. The van der Waals surface area contributed by atoms with Crippen molar-refractivity contribution in [3.05, 3.63) is 77.1 Å². The van der Waals surface area contributed by atoms with Crippen LogP contribution in [0.4, 0.5) is 4.79 Å². The van der Waals surface area contributed by atoms with Gasteiger partial charge in [-0.15, -0.1) is 5.10 Å². The van der Waals surface area contributed by atoms with E-state index < -0.39 is 57.7 Å². The van der Waals surface area contributed by atoms with E-state index in [1.54, 1.807) is 59.4 Å². The molecule has 3 aromatic rings. The predicted molar refractivity (Wildman–Crippen MR) is 287 cm³/mol. The Morgan fingerprint density at radius 1 is 0.833 bits per heavy atom. The molecule has 6 atom stereocenters. The normalized spacial score (nSPS) is 17.1. The molecule has 0 saturated carbocycles. The Balaban J connectivity index is 0.894. The van der Waals surface area contributed by atoms with Crippen LogP contribution in [-0.4, -0.2) is 146 Å². The van der Waals surface area contributed by atoms with Gasteiger partial charge in [-0.2, -0.15) is 11.8 Å². The summed E-state index contributed by atoms with van der Waals surface area (Å²) in [5.74, 6) is -1.54. The predicted octanol–water partition coefficient (Wildman–Crippen LogP) is 4.84. The Morgan fingerprint density at radius 3 is 2.26 bits per heavy atom. The lowest BCUT2D eigenvalue weighted by Crippen LogP contribution is -2.36. The number of nitrogens with zero attached hydrogens (tertiary/aromatic N) is 3. The molecule has 0 bridgehead atoms. The third-order valence-corrected chi connectivity index (χ3v) is 15.6. The van der Waals surface area contributed by atoms with E-state index in [1.165, 1.54) is 11.8 Å². The van der Waals surface area contributed by atoms with Crippen LogP contribution in [0.2, 0.25) is 0 Å². The summed E-state index contributed by atoms with van der Waals surface area (Å²) in [6.45, 7) is 1.41. The molecule has 3 heterocycles. The highest BCUT2D eigenvalue weighted by atomic mass is 32.2. The number of rotatable bonds is 38. The molecule has 2 aliphatic heterocycles. The molecule has 428 valence electrons. The Kier molecular flexibility index (Phi) is 27.1. The molecule has 1 unspecified atom stereocenters. The summed E-state index contributed by atoms with van der Waals surface area (Å²) in [4.78, 5) is 108. The highest BCUT2D eigenvalue weighted by Crippen LogP contribution is 2.43. The smallest absolute Gasteiger partial charge is 0.472 e. The molecule has 2 saturated heterocycles. The summed E-state index contributed by atoms with van der Waals surface area (Å²) in [5.41, 5.74) is 7.04. The molecule has 4 amide bonds. The first-order valence-electron chi connectivity index (χ1n) is 26.1. The average molecular weight is 1150 g/mol. The first-order chi connectivity index (χ1) is 37.5. The zero-order valence-electron chi connectivity index (χ0n) is 43.6. The lowest BCUT2D eigenvalue weighted by Gasteiger charge is -2.20. The van der Waals surface area contributed by atoms with E-state index in [-0.39, 0.29) is 66.7 Å². The number of ether oxygens (including phenoxy) is 3. The molecule has 27 heteroatoms. The number of phosphoric ester groups is 1. The van der Waals surface area contributed by atoms with E-state index in [0.29, 0.717) is 97.3 Å². The van der Waals surface area contributed by atoms with Crippen molar-refractivity contribution in [3.63, 3.8) is 0 Å². The quantitative estimate of drug-likeness (QED) is 0.0133. The molecule has 2 fully saturated rings. The minimum absolute atomic E-state index is 0.00291. The van der Waals surface area contributed by atoms with Gasteiger partial charge in [-0.1, -0.05) is 61.7 Å². The lowest BCUT2D eigenvalue weighted by atomic mass is 10.0. The summed E-state index contributed by atoms with van der Waals surface area (Å²) in [5, 5.41) is 29.2. The Bertz CT molecular complexity index is 2500. The number of esters is 2. The van der Waals surface area contributed by atoms with Crippen molar-refractivity contribution in [2.45, 2.75) is 139 Å². The van der Waals surface area contributed by atoms with Crippen LogP contribution in [0.5, 0.6) is 5.75 Å². The van der Waals surface area contributed by atoms with Crippen molar-refractivity contribution in [1.82, 2.24) is 36.3 Å². The van der Waals surface area contributed by atoms with Crippen molar-refractivity contribution in [2.75, 3.05) is 44.4 Å². The van der Waals surface area contributed by atoms with Crippen LogP contribution in [0.3, 0.4) is 0 Å². The van der Waals surface area contributed by atoms with Crippen LogP contribution >= 0.6 is 31.3 Å². The summed E-state index contributed by atoms with van der Waals surface area (Å²) >= 11 is 3.06. The molecule has 78 heavy (non-hydrogen) atoms. The van der Waals surface area contributed by atoms with E-state index in [2.05, 4.69) is 36.1 Å². The largest absolute Gasteiger partial charge is 0.487 e. The molecule has 5 rings (SSSR count). The van der Waals surface area contributed by atoms with Gasteiger partial charge in [-0.25, -0.2) is 9.36 Å². The van der Waals surface area contributed by atoms with Gasteiger partial charge in [0.05, 0.1) is 31.5 Å². The molecule has 1 aromatic heterocycles. The van der Waals surface area contributed by atoms with E-state index in [0.717, 1.165) is 37.9 Å². The summed E-state index contributed by atoms with van der Waals surface area (Å²) in [6.07, 6.45) is 8.30. The third kappa shape index (κ3) is 23.2. The minimum atomic E-state index is -4.79. The Labute approximate surface area is 461 Å². The van der Waals surface area contributed by atoms with Gasteiger partial charge in [0.1, 0.15) is 30.7 Å². The maximum Gasteiger partial charge on any atom is 0.472 e. The Hall–Kier alpha value is -5.89. The maximum absolute atomic E-state index is 13.2. The number of benzene rings is 2. The molecular formula is C51H71N8O16PS2. The second-order valence-electron chi connectivity index (χ2n) is 18.6. The first-order valence-corrected chi connectivity index (χ1v) is 29.6. The monoisotopic (exact) mass is 1150 g/mol. The molecule has 24 nitrogen and oxygen atoms in total. The molecule has 0 spiro atoms. The molecule has 0 radical (unpaired) electrons. The van der Waals surface area contributed by atoms with Gasteiger partial charge in [0, 0.05) is 78.8 Å². The standard InChI is InChI=1S/C51H71N8O16PS2/c1-2-3-5-13-45(62)75-39(31-73-76(69,70)74-32-40(52)50(66)67)30-72-44(61)12-6-4-9-24-54-49(65)36-17-15-34(16-18-36)48(64)35-19-21-38(22-20-35)71-29-37-28-59(58-57-37)26-10-25-53-43(60)23-27-77-46(63)14-8-7-11-42-47-41(33-78-42)55-51(68)56-47/h15-22,28,39-42,47H,2-14,23-27,29-33,52H2,1H3,(H,53,60)(H,54,65)(H,66,67)(H,69,70)(H2,55,56,68)/t39-,40-,41-,42-,47-/m0/s1. The number of hydrogen-bond donors (Lipinski definition) is 7. The van der Waals surface area contributed by atoms with E-state index in [4.69, 9.17) is 29.6 Å². The van der Waals surface area contributed by atoms with Crippen LogP contribution in [0.1, 0.15) is 129 Å². The highest BCUT2D eigenvalue weighted by Gasteiger charge is 2.42. The number of carbonyl (C=O) groups is 8. The number of aromatic nitrogens is 3. The van der Waals surface area contributed by atoms with Gasteiger partial charge in [0.25, 0.3) is 5.91 Å². The van der Waals surface area contributed by atoms with Crippen molar-refractivity contribution >= 4 is 78.0 Å². The van der Waals surface area contributed by atoms with Crippen LogP contribution in [0.15, 0.2) is 54.7 Å². The van der Waals surface area contributed by atoms with Crippen LogP contribution in [0, 0.1) is 0 Å². The van der Waals surface area contributed by atoms with Crippen LogP contribution < -0.4 is 31.7 Å². The van der Waals surface area contributed by atoms with E-state index in [1.807, 2.05) is 18.7 Å². The van der Waals surface area contributed by atoms with E-state index >= 15 is 0 Å². The first kappa shape index (κ1) is 62.9. The van der Waals surface area contributed by atoms with Gasteiger partial charge < -0.3 is 51.2 Å². The van der Waals surface area contributed by atoms with Gasteiger partial charge in [0.2, 0.25) is 5.91 Å². The van der Waals surface area contributed by atoms with Gasteiger partial charge in [-0.3, -0.25) is 47.3 Å². The molecular weight excluding hydrogens is 1080 g/mol. The number of carboxylic acids is 1. The molecule has 2 aliphatic rings. The summed E-state index contributed by atoms with van der Waals surface area (Å²) in [7, 11) is -4.79. The number of thioether (sulfide) groups is 2. The van der Waals surface area contributed by atoms with Gasteiger partial charge >= 0.3 is 31.8 Å². The number of hydrogen-bond acceptors (Lipinski definition) is 19. The second-order valence-corrected chi connectivity index (χ2v) is 22.4. The number of fused-ring (bicyclic) bond motifs is 1. The molecule has 0 aliphatic carbocycles. The van der Waals surface area contributed by atoms with Crippen molar-refractivity contribution in [1.29, 1.82) is 0 Å². The highest BCUT2D eigenvalue weighted by molar-refractivity contribution is 8.13. The van der Waals surface area contributed by atoms with Gasteiger partial charge in [0.15, 0.2) is 17.0 Å². The van der Waals surface area contributed by atoms with Crippen molar-refractivity contribution in [2.24, 2.45) is 5.73 Å². The molecule has 8 N–H and O–H groups in total. The number of urea groups is 1. The maximum atomic E-state index is 13.2. The number of ketones is 1. The fraction of sp³-hybridized carbons (Fsp3) is 0.569. The number of nitrogens with two attached hydrogens (primary N) is 1. The van der Waals surface area contributed by atoms with Gasteiger partial charge in [-0.05, 0) is 74.9 Å². The van der Waals surface area contributed by atoms with E-state index in [9.17, 15) is 47.8 Å². The number of carbonyl (C=O) groups excluding carboxylic acids is 7. The number of aliphatic carboxylic acids is 1. The number of nitrogens with one attached hydrogen (secondary N) is 4. The SMILES string of the molecule is CCCCCC(=O)O[C@@H](COC(=O)CCCCCNC(=O)c1ccc(C(=O)c2ccc(OCc3cn(CCCNC(=O)CCSC(=O)CCCC[C@@H]4SC[C@@H]5NC(=O)N[C@@H]54)nn3)cc2)cc1)COP(=O)(O)OC[C@H](N)C(=O)O.